The molecule has 2 fully saturated rings. The van der Waals surface area contributed by atoms with Crippen LogP contribution in [0, 0.1) is 5.92 Å². The Morgan fingerprint density at radius 1 is 1.14 bits per heavy atom. The zero-order chi connectivity index (χ0) is 19.5. The minimum absolute atomic E-state index is 0. The van der Waals surface area contributed by atoms with Crippen molar-refractivity contribution in [3.63, 3.8) is 0 Å². The van der Waals surface area contributed by atoms with Crippen molar-refractivity contribution in [2.24, 2.45) is 5.92 Å². The first-order valence-corrected chi connectivity index (χ1v) is 10.5. The molecule has 0 spiro atoms. The van der Waals surface area contributed by atoms with Crippen LogP contribution in [-0.4, -0.2) is 64.2 Å². The number of anilines is 1. The summed E-state index contributed by atoms with van der Waals surface area (Å²) in [4.78, 5) is 36.9. The Bertz CT molecular complexity index is 739. The van der Waals surface area contributed by atoms with Gasteiger partial charge in [0.2, 0.25) is 0 Å². The van der Waals surface area contributed by atoms with Crippen LogP contribution in [0.2, 0.25) is 0 Å². The number of carboxylic acids is 1. The molecule has 0 atom stereocenters. The first kappa shape index (κ1) is 21.8. The number of amides is 2. The summed E-state index contributed by atoms with van der Waals surface area (Å²) >= 11 is 0. The number of aromatic nitrogens is 2. The predicted octanol–water partition coefficient (Wildman–Crippen LogP) is 2.25. The quantitative estimate of drug-likeness (QED) is 0.753. The highest BCUT2D eigenvalue weighted by molar-refractivity contribution is 5.93. The number of fused-ring (bicyclic) bond motifs is 1. The van der Waals surface area contributed by atoms with Crippen molar-refractivity contribution in [2.45, 2.75) is 57.4 Å². The molecule has 9 heteroatoms. The number of aliphatic carboxylic acids is 1. The van der Waals surface area contributed by atoms with Crippen LogP contribution in [0.1, 0.15) is 49.9 Å². The highest BCUT2D eigenvalue weighted by Crippen LogP contribution is 2.32. The van der Waals surface area contributed by atoms with Gasteiger partial charge in [0.15, 0.2) is 5.82 Å². The molecule has 2 aliphatic heterocycles. The number of hydrogen-bond donors (Lipinski definition) is 2. The summed E-state index contributed by atoms with van der Waals surface area (Å²) in [6, 6.07) is 0.298. The number of carbonyl (C=O) groups is 2. The van der Waals surface area contributed by atoms with Gasteiger partial charge in [0.05, 0.1) is 17.6 Å². The molecule has 1 aromatic heterocycles. The minimum Gasteiger partial charge on any atom is -0.481 e. The fraction of sp³-hybridized carbons (Fsp3) is 0.700. The lowest BCUT2D eigenvalue weighted by atomic mass is 9.83. The largest absolute Gasteiger partial charge is 0.481 e. The Morgan fingerprint density at radius 2 is 1.86 bits per heavy atom. The molecule has 1 saturated heterocycles. The molecule has 0 bridgehead atoms. The Morgan fingerprint density at radius 3 is 2.59 bits per heavy atom. The third-order valence-electron chi connectivity index (χ3n) is 6.34. The predicted molar refractivity (Wildman–Crippen MR) is 112 cm³/mol. The summed E-state index contributed by atoms with van der Waals surface area (Å²) in [5.41, 5.74) is 2.05. The molecule has 1 aromatic rings. The number of nitrogens with zero attached hydrogens (tertiary/aromatic N) is 4. The lowest BCUT2D eigenvalue weighted by Gasteiger charge is -2.34. The summed E-state index contributed by atoms with van der Waals surface area (Å²) in [6.07, 6.45) is 8.42. The SMILES string of the molecule is Cl.O=C(O)CC[C@H]1CC[C@H](N2CCN(c3cnc4c(n3)CCNCC4)C2=O)CC1. The molecule has 160 valence electrons. The van der Waals surface area contributed by atoms with Crippen molar-refractivity contribution >= 4 is 30.2 Å². The molecule has 3 heterocycles. The average molecular weight is 424 g/mol. The maximum Gasteiger partial charge on any atom is 0.326 e. The van der Waals surface area contributed by atoms with Gasteiger partial charge in [-0.2, -0.15) is 0 Å². The van der Waals surface area contributed by atoms with Gasteiger partial charge in [0, 0.05) is 51.5 Å². The van der Waals surface area contributed by atoms with E-state index in [0.29, 0.717) is 18.3 Å². The molecule has 0 unspecified atom stereocenters. The van der Waals surface area contributed by atoms with Gasteiger partial charge in [0.1, 0.15) is 0 Å². The van der Waals surface area contributed by atoms with Crippen LogP contribution in [0.3, 0.4) is 0 Å². The summed E-state index contributed by atoms with van der Waals surface area (Å²) in [5, 5.41) is 12.2. The van der Waals surface area contributed by atoms with Gasteiger partial charge in [-0.1, -0.05) is 0 Å². The molecule has 29 heavy (non-hydrogen) atoms. The van der Waals surface area contributed by atoms with Gasteiger partial charge in [-0.05, 0) is 38.0 Å². The van der Waals surface area contributed by atoms with E-state index in [1.165, 1.54) is 0 Å². The first-order chi connectivity index (χ1) is 13.6. The van der Waals surface area contributed by atoms with E-state index in [9.17, 15) is 9.59 Å². The molecular formula is C20H30ClN5O3. The molecule has 4 rings (SSSR count). The molecule has 0 aromatic carbocycles. The molecule has 1 saturated carbocycles. The molecule has 2 N–H and O–H groups in total. The standard InChI is InChI=1S/C20H29N5O3.ClH/c26-19(27)6-3-14-1-4-15(5-2-14)24-11-12-25(20(24)28)18-13-22-16-7-9-21-10-8-17(16)23-18;/h13-15,21H,1-12H2,(H,26,27);1H/t14-,15-;. The van der Waals surface area contributed by atoms with E-state index in [0.717, 1.165) is 76.0 Å². The topological polar surface area (TPSA) is 98.7 Å². The normalized spacial score (nSPS) is 24.6. The van der Waals surface area contributed by atoms with Crippen LogP contribution in [0.5, 0.6) is 0 Å². The first-order valence-electron chi connectivity index (χ1n) is 10.5. The van der Waals surface area contributed by atoms with Gasteiger partial charge >= 0.3 is 12.0 Å². The van der Waals surface area contributed by atoms with E-state index < -0.39 is 5.97 Å². The maximum absolute atomic E-state index is 13.0. The molecule has 2 amide bonds. The number of carboxylic acid groups (broad SMARTS) is 1. The molecule has 3 aliphatic rings. The van der Waals surface area contributed by atoms with Crippen LogP contribution in [0.4, 0.5) is 10.6 Å². The smallest absolute Gasteiger partial charge is 0.326 e. The second-order valence-corrected chi connectivity index (χ2v) is 8.11. The third kappa shape index (κ3) is 4.98. The number of hydrogen-bond acceptors (Lipinski definition) is 5. The van der Waals surface area contributed by atoms with Crippen molar-refractivity contribution < 1.29 is 14.7 Å². The fourth-order valence-electron chi connectivity index (χ4n) is 4.70. The average Bonchev–Trinajstić information content (AvgIpc) is 2.93. The molecule has 1 aliphatic carbocycles. The van der Waals surface area contributed by atoms with Gasteiger partial charge in [-0.3, -0.25) is 14.7 Å². The Hall–Kier alpha value is -1.93. The molecule has 0 radical (unpaired) electrons. The van der Waals surface area contributed by atoms with E-state index in [4.69, 9.17) is 10.1 Å². The maximum atomic E-state index is 13.0. The highest BCUT2D eigenvalue weighted by atomic mass is 35.5. The van der Waals surface area contributed by atoms with Gasteiger partial charge in [0.25, 0.3) is 0 Å². The number of nitrogens with one attached hydrogen (secondary N) is 1. The van der Waals surface area contributed by atoms with E-state index in [1.54, 1.807) is 11.1 Å². The lowest BCUT2D eigenvalue weighted by Crippen LogP contribution is -2.41. The van der Waals surface area contributed by atoms with Gasteiger partial charge in [-0.25, -0.2) is 9.78 Å². The Balaban J connectivity index is 0.00000240. The lowest BCUT2D eigenvalue weighted by molar-refractivity contribution is -0.137. The fourth-order valence-corrected chi connectivity index (χ4v) is 4.70. The van der Waals surface area contributed by atoms with Crippen molar-refractivity contribution in [3.8, 4) is 0 Å². The van der Waals surface area contributed by atoms with Gasteiger partial charge < -0.3 is 15.3 Å². The second-order valence-electron chi connectivity index (χ2n) is 8.11. The molecule has 8 nitrogen and oxygen atoms in total. The summed E-state index contributed by atoms with van der Waals surface area (Å²) in [7, 11) is 0. The van der Waals surface area contributed by atoms with E-state index >= 15 is 0 Å². The number of rotatable bonds is 5. The summed E-state index contributed by atoms with van der Waals surface area (Å²) < 4.78 is 0. The van der Waals surface area contributed by atoms with E-state index in [2.05, 4.69) is 10.3 Å². The van der Waals surface area contributed by atoms with Crippen LogP contribution in [-0.2, 0) is 17.6 Å². The summed E-state index contributed by atoms with van der Waals surface area (Å²) in [6.45, 7) is 3.20. The zero-order valence-electron chi connectivity index (χ0n) is 16.7. The molecular weight excluding hydrogens is 394 g/mol. The van der Waals surface area contributed by atoms with E-state index in [1.807, 2.05) is 4.90 Å². The van der Waals surface area contributed by atoms with Crippen LogP contribution < -0.4 is 10.2 Å². The monoisotopic (exact) mass is 423 g/mol. The third-order valence-corrected chi connectivity index (χ3v) is 6.34. The number of urea groups is 1. The van der Waals surface area contributed by atoms with Crippen LogP contribution in [0.25, 0.3) is 0 Å². The summed E-state index contributed by atoms with van der Waals surface area (Å²) in [5.74, 6) is 0.429. The number of halogens is 1. The van der Waals surface area contributed by atoms with Crippen molar-refractivity contribution in [3.05, 3.63) is 17.6 Å². The highest BCUT2D eigenvalue weighted by Gasteiger charge is 2.37. The second kappa shape index (κ2) is 9.71. The Kier molecular flexibility index (Phi) is 7.29. The van der Waals surface area contributed by atoms with Gasteiger partial charge in [-0.15, -0.1) is 12.4 Å². The van der Waals surface area contributed by atoms with Crippen LogP contribution >= 0.6 is 12.4 Å². The zero-order valence-corrected chi connectivity index (χ0v) is 17.5. The van der Waals surface area contributed by atoms with Crippen molar-refractivity contribution in [1.29, 1.82) is 0 Å². The van der Waals surface area contributed by atoms with E-state index in [-0.39, 0.29) is 30.9 Å². The van der Waals surface area contributed by atoms with Crippen LogP contribution in [0.15, 0.2) is 6.20 Å². The number of carbonyl (C=O) groups excluding carboxylic acids is 1. The van der Waals surface area contributed by atoms with Crippen molar-refractivity contribution in [2.75, 3.05) is 31.1 Å². The van der Waals surface area contributed by atoms with Crippen molar-refractivity contribution in [1.82, 2.24) is 20.2 Å². The minimum atomic E-state index is -0.717. The Labute approximate surface area is 177 Å².